The summed E-state index contributed by atoms with van der Waals surface area (Å²) >= 11 is 4.80. The minimum absolute atomic E-state index is 0.0356. The SMILES string of the molecule is SC(CCCn1cncn1)c1nc(-c2ccccc2)c(-c2ccccc2)[nH]1. The molecule has 0 saturated heterocycles. The van der Waals surface area contributed by atoms with Crippen LogP contribution in [0, 0.1) is 0 Å². The predicted octanol–water partition coefficient (Wildman–Crippen LogP) is 4.79. The molecule has 0 aliphatic rings. The van der Waals surface area contributed by atoms with Gasteiger partial charge in [0.2, 0.25) is 0 Å². The Labute approximate surface area is 163 Å². The van der Waals surface area contributed by atoms with Crippen molar-refractivity contribution in [2.75, 3.05) is 0 Å². The van der Waals surface area contributed by atoms with Crippen LogP contribution in [-0.2, 0) is 6.54 Å². The summed E-state index contributed by atoms with van der Waals surface area (Å²) in [5.74, 6) is 0.898. The number of aromatic nitrogens is 5. The average Bonchev–Trinajstić information content (AvgIpc) is 3.39. The zero-order chi connectivity index (χ0) is 18.5. The van der Waals surface area contributed by atoms with E-state index in [4.69, 9.17) is 17.6 Å². The molecule has 4 aromatic rings. The van der Waals surface area contributed by atoms with Gasteiger partial charge in [0.1, 0.15) is 18.5 Å². The Morgan fingerprint density at radius 3 is 2.33 bits per heavy atom. The molecule has 1 unspecified atom stereocenters. The van der Waals surface area contributed by atoms with Gasteiger partial charge in [-0.05, 0) is 12.8 Å². The van der Waals surface area contributed by atoms with E-state index in [1.54, 1.807) is 12.7 Å². The van der Waals surface area contributed by atoms with Gasteiger partial charge in [0.15, 0.2) is 0 Å². The Balaban J connectivity index is 1.59. The number of nitrogens with one attached hydrogen (secondary N) is 1. The zero-order valence-corrected chi connectivity index (χ0v) is 15.8. The number of nitrogens with zero attached hydrogens (tertiary/aromatic N) is 4. The number of H-pyrrole nitrogens is 1. The minimum atomic E-state index is 0.0356. The van der Waals surface area contributed by atoms with Gasteiger partial charge >= 0.3 is 0 Å². The van der Waals surface area contributed by atoms with Crippen LogP contribution in [0.15, 0.2) is 73.3 Å². The van der Waals surface area contributed by atoms with E-state index in [2.05, 4.69) is 39.3 Å². The molecule has 27 heavy (non-hydrogen) atoms. The summed E-state index contributed by atoms with van der Waals surface area (Å²) in [7, 11) is 0. The Morgan fingerprint density at radius 2 is 1.67 bits per heavy atom. The van der Waals surface area contributed by atoms with Gasteiger partial charge in [-0.25, -0.2) is 9.97 Å². The molecule has 0 aliphatic heterocycles. The molecule has 2 aromatic heterocycles. The molecule has 2 heterocycles. The van der Waals surface area contributed by atoms with Crippen LogP contribution in [0.25, 0.3) is 22.5 Å². The van der Waals surface area contributed by atoms with Crippen molar-refractivity contribution in [2.24, 2.45) is 0 Å². The first-order chi connectivity index (χ1) is 13.3. The highest BCUT2D eigenvalue weighted by Gasteiger charge is 2.18. The molecule has 1 N–H and O–H groups in total. The molecule has 2 aromatic carbocycles. The number of aromatic amines is 1. The predicted molar refractivity (Wildman–Crippen MR) is 110 cm³/mol. The summed E-state index contributed by atoms with van der Waals surface area (Å²) in [6, 6.07) is 20.6. The minimum Gasteiger partial charge on any atom is -0.341 e. The standard InChI is InChI=1S/C21H21N5S/c27-18(12-7-13-26-15-22-14-23-26)21-24-19(16-8-3-1-4-9-16)20(25-21)17-10-5-2-6-11-17/h1-6,8-11,14-15,18,27H,7,12-13H2,(H,24,25). The van der Waals surface area contributed by atoms with Gasteiger partial charge in [0.05, 0.1) is 16.6 Å². The quantitative estimate of drug-likeness (QED) is 0.457. The molecule has 0 fully saturated rings. The van der Waals surface area contributed by atoms with Crippen LogP contribution in [0.5, 0.6) is 0 Å². The van der Waals surface area contributed by atoms with Crippen LogP contribution in [0.4, 0.5) is 0 Å². The van der Waals surface area contributed by atoms with Crippen molar-refractivity contribution >= 4 is 12.6 Å². The van der Waals surface area contributed by atoms with Gasteiger partial charge in [0.25, 0.3) is 0 Å². The van der Waals surface area contributed by atoms with Gasteiger partial charge in [-0.2, -0.15) is 17.7 Å². The summed E-state index contributed by atoms with van der Waals surface area (Å²) in [4.78, 5) is 12.4. The molecule has 0 bridgehead atoms. The van der Waals surface area contributed by atoms with Crippen molar-refractivity contribution in [1.82, 2.24) is 24.7 Å². The molecule has 4 rings (SSSR count). The smallest absolute Gasteiger partial charge is 0.137 e. The van der Waals surface area contributed by atoms with Crippen molar-refractivity contribution < 1.29 is 0 Å². The van der Waals surface area contributed by atoms with Crippen LogP contribution in [0.3, 0.4) is 0 Å². The van der Waals surface area contributed by atoms with Crippen LogP contribution < -0.4 is 0 Å². The highest BCUT2D eigenvalue weighted by atomic mass is 32.1. The fourth-order valence-corrected chi connectivity index (χ4v) is 3.40. The zero-order valence-electron chi connectivity index (χ0n) is 14.9. The van der Waals surface area contributed by atoms with Crippen molar-refractivity contribution in [2.45, 2.75) is 24.6 Å². The third-order valence-corrected chi connectivity index (χ3v) is 4.98. The number of aryl methyl sites for hydroxylation is 1. The fraction of sp³-hybridized carbons (Fsp3) is 0.190. The molecule has 0 saturated carbocycles. The van der Waals surface area contributed by atoms with Gasteiger partial charge in [-0.15, -0.1) is 0 Å². The van der Waals surface area contributed by atoms with E-state index in [-0.39, 0.29) is 5.25 Å². The van der Waals surface area contributed by atoms with Gasteiger partial charge in [0, 0.05) is 17.7 Å². The Hall–Kier alpha value is -2.86. The Morgan fingerprint density at radius 1 is 0.963 bits per heavy atom. The van der Waals surface area contributed by atoms with Crippen LogP contribution >= 0.6 is 12.6 Å². The number of hydrogen-bond donors (Lipinski definition) is 2. The van der Waals surface area contributed by atoms with Crippen molar-refractivity contribution in [3.63, 3.8) is 0 Å². The molecule has 0 spiro atoms. The topological polar surface area (TPSA) is 59.4 Å². The van der Waals surface area contributed by atoms with Gasteiger partial charge < -0.3 is 4.98 Å². The number of rotatable bonds is 7. The summed E-state index contributed by atoms with van der Waals surface area (Å²) in [6.07, 6.45) is 5.16. The molecular weight excluding hydrogens is 354 g/mol. The second-order valence-corrected chi connectivity index (χ2v) is 7.02. The Bertz CT molecular complexity index is 908. The van der Waals surface area contributed by atoms with Gasteiger partial charge in [-0.3, -0.25) is 4.68 Å². The number of benzene rings is 2. The molecular formula is C21H21N5S. The summed E-state index contributed by atoms with van der Waals surface area (Å²) < 4.78 is 1.84. The van der Waals surface area contributed by atoms with E-state index in [0.717, 1.165) is 47.7 Å². The molecule has 0 radical (unpaired) electrons. The van der Waals surface area contributed by atoms with E-state index in [1.165, 1.54) is 0 Å². The lowest BCUT2D eigenvalue weighted by molar-refractivity contribution is 0.550. The maximum absolute atomic E-state index is 4.91. The molecule has 136 valence electrons. The molecule has 5 nitrogen and oxygen atoms in total. The van der Waals surface area contributed by atoms with Crippen LogP contribution in [-0.4, -0.2) is 24.7 Å². The number of thiol groups is 1. The second kappa shape index (κ2) is 8.22. The largest absolute Gasteiger partial charge is 0.341 e. The van der Waals surface area contributed by atoms with Crippen molar-refractivity contribution in [1.29, 1.82) is 0 Å². The summed E-state index contributed by atoms with van der Waals surface area (Å²) in [5.41, 5.74) is 4.22. The van der Waals surface area contributed by atoms with Crippen molar-refractivity contribution in [3.05, 3.63) is 79.1 Å². The van der Waals surface area contributed by atoms with E-state index in [9.17, 15) is 0 Å². The van der Waals surface area contributed by atoms with E-state index < -0.39 is 0 Å². The monoisotopic (exact) mass is 375 g/mol. The maximum Gasteiger partial charge on any atom is 0.137 e. The number of imidazole rings is 1. The lowest BCUT2D eigenvalue weighted by Crippen LogP contribution is -2.01. The maximum atomic E-state index is 4.91. The fourth-order valence-electron chi connectivity index (χ4n) is 3.10. The molecule has 6 heteroatoms. The van der Waals surface area contributed by atoms with E-state index in [0.29, 0.717) is 0 Å². The van der Waals surface area contributed by atoms with Gasteiger partial charge in [-0.1, -0.05) is 60.7 Å². The van der Waals surface area contributed by atoms with Crippen molar-refractivity contribution in [3.8, 4) is 22.5 Å². The third kappa shape index (κ3) is 4.11. The van der Waals surface area contributed by atoms with Crippen LogP contribution in [0.1, 0.15) is 23.9 Å². The highest BCUT2D eigenvalue weighted by Crippen LogP contribution is 2.33. The second-order valence-electron chi connectivity index (χ2n) is 6.39. The first-order valence-electron chi connectivity index (χ1n) is 9.02. The first kappa shape index (κ1) is 17.5. The average molecular weight is 376 g/mol. The normalized spacial score (nSPS) is 12.2. The third-order valence-electron chi connectivity index (χ3n) is 4.48. The molecule has 0 aliphatic carbocycles. The van der Waals surface area contributed by atoms with Crippen LogP contribution in [0.2, 0.25) is 0 Å². The Kier molecular flexibility index (Phi) is 5.34. The highest BCUT2D eigenvalue weighted by molar-refractivity contribution is 7.80. The van der Waals surface area contributed by atoms with E-state index in [1.807, 2.05) is 41.1 Å². The lowest BCUT2D eigenvalue weighted by Gasteiger charge is -2.07. The summed E-state index contributed by atoms with van der Waals surface area (Å²) in [5, 5.41) is 4.18. The number of hydrogen-bond acceptors (Lipinski definition) is 4. The molecule has 1 atom stereocenters. The lowest BCUT2D eigenvalue weighted by atomic mass is 10.1. The van der Waals surface area contributed by atoms with E-state index >= 15 is 0 Å². The first-order valence-corrected chi connectivity index (χ1v) is 9.54. The molecule has 0 amide bonds. The summed E-state index contributed by atoms with van der Waals surface area (Å²) in [6.45, 7) is 0.828.